The summed E-state index contributed by atoms with van der Waals surface area (Å²) in [7, 11) is 3.40. The van der Waals surface area contributed by atoms with Crippen LogP contribution in [-0.2, 0) is 0 Å². The van der Waals surface area contributed by atoms with Crippen molar-refractivity contribution >= 4 is 26.8 Å². The molecule has 1 aromatic carbocycles. The van der Waals surface area contributed by atoms with E-state index in [2.05, 4.69) is 25.6 Å². The van der Waals surface area contributed by atoms with Gasteiger partial charge < -0.3 is 15.4 Å². The minimum atomic E-state index is -2.16. The van der Waals surface area contributed by atoms with Crippen molar-refractivity contribution in [3.05, 3.63) is 30.3 Å². The summed E-state index contributed by atoms with van der Waals surface area (Å²) >= 11 is 0. The van der Waals surface area contributed by atoms with Gasteiger partial charge in [-0.05, 0) is 19.1 Å². The highest BCUT2D eigenvalue weighted by Gasteiger charge is 2.32. The molecule has 3 unspecified atom stereocenters. The van der Waals surface area contributed by atoms with Crippen molar-refractivity contribution in [1.29, 1.82) is 0 Å². The molecule has 0 radical (unpaired) electrons. The number of nitrogens with one attached hydrogen (secondary N) is 2. The molecule has 2 N–H and O–H groups in total. The van der Waals surface area contributed by atoms with Gasteiger partial charge in [0.25, 0.3) is 0 Å². The molecule has 0 fully saturated rings. The van der Waals surface area contributed by atoms with Crippen molar-refractivity contribution < 1.29 is 13.5 Å². The van der Waals surface area contributed by atoms with Crippen molar-refractivity contribution in [2.45, 2.75) is 18.5 Å². The van der Waals surface area contributed by atoms with E-state index in [-0.39, 0.29) is 17.9 Å². The second-order valence-electron chi connectivity index (χ2n) is 4.97. The molecule has 0 aliphatic heterocycles. The van der Waals surface area contributed by atoms with Gasteiger partial charge >= 0.3 is 6.01 Å². The van der Waals surface area contributed by atoms with Crippen molar-refractivity contribution in [2.75, 3.05) is 24.3 Å². The van der Waals surface area contributed by atoms with E-state index in [1.54, 1.807) is 16.3 Å². The number of aromatic nitrogens is 3. The SMILES string of the molecule is CNc1nc(Nc2ccccc2)nc(OCC(C)(F)C(F)P)n1. The van der Waals surface area contributed by atoms with Crippen LogP contribution in [0.15, 0.2) is 30.3 Å². The lowest BCUT2D eigenvalue weighted by molar-refractivity contribution is 0.0555. The van der Waals surface area contributed by atoms with Crippen LogP contribution in [0.2, 0.25) is 0 Å². The molecule has 0 aliphatic carbocycles. The maximum atomic E-state index is 13.9. The molecule has 1 aromatic heterocycles. The molecule has 0 aliphatic rings. The molecule has 1 heterocycles. The van der Waals surface area contributed by atoms with Crippen LogP contribution in [0.5, 0.6) is 6.01 Å². The monoisotopic (exact) mass is 341 g/mol. The maximum absolute atomic E-state index is 13.9. The van der Waals surface area contributed by atoms with Gasteiger partial charge in [-0.2, -0.15) is 15.0 Å². The second-order valence-corrected chi connectivity index (χ2v) is 5.56. The van der Waals surface area contributed by atoms with Gasteiger partial charge in [0.2, 0.25) is 11.9 Å². The Hall–Kier alpha value is -2.08. The highest BCUT2D eigenvalue weighted by atomic mass is 31.0. The normalized spacial score (nSPS) is 14.7. The first-order valence-electron chi connectivity index (χ1n) is 6.88. The largest absolute Gasteiger partial charge is 0.460 e. The Labute approximate surface area is 135 Å². The molecule has 124 valence electrons. The summed E-state index contributed by atoms with van der Waals surface area (Å²) in [5.41, 5.74) is -1.39. The Bertz CT molecular complexity index is 642. The fourth-order valence-corrected chi connectivity index (χ4v) is 1.62. The van der Waals surface area contributed by atoms with E-state index in [4.69, 9.17) is 4.74 Å². The molecule has 0 spiro atoms. The van der Waals surface area contributed by atoms with E-state index in [0.717, 1.165) is 12.6 Å². The third kappa shape index (κ3) is 4.96. The van der Waals surface area contributed by atoms with Gasteiger partial charge in [0.1, 0.15) is 12.5 Å². The highest BCUT2D eigenvalue weighted by molar-refractivity contribution is 7.17. The van der Waals surface area contributed by atoms with E-state index in [1.165, 1.54) is 0 Å². The van der Waals surface area contributed by atoms with E-state index in [1.807, 2.05) is 30.3 Å². The topological polar surface area (TPSA) is 72.0 Å². The molecule has 23 heavy (non-hydrogen) atoms. The van der Waals surface area contributed by atoms with Crippen molar-refractivity contribution in [3.8, 4) is 6.01 Å². The predicted molar refractivity (Wildman–Crippen MR) is 88.7 cm³/mol. The first-order valence-corrected chi connectivity index (χ1v) is 7.54. The van der Waals surface area contributed by atoms with Crippen LogP contribution in [0, 0.1) is 0 Å². The quantitative estimate of drug-likeness (QED) is 0.755. The number of hydrogen-bond acceptors (Lipinski definition) is 6. The van der Waals surface area contributed by atoms with Crippen LogP contribution in [-0.4, -0.2) is 40.2 Å². The predicted octanol–water partition coefficient (Wildman–Crippen LogP) is 2.93. The molecular formula is C14H18F2N5OP. The van der Waals surface area contributed by atoms with E-state index in [0.29, 0.717) is 0 Å². The van der Waals surface area contributed by atoms with Gasteiger partial charge in [-0.25, -0.2) is 8.78 Å². The summed E-state index contributed by atoms with van der Waals surface area (Å²) in [5.74, 6) is -1.28. The number of halogens is 2. The number of ether oxygens (including phenoxy) is 1. The average molecular weight is 341 g/mol. The van der Waals surface area contributed by atoms with Crippen molar-refractivity contribution in [1.82, 2.24) is 15.0 Å². The minimum absolute atomic E-state index is 0.0997. The number of anilines is 3. The Morgan fingerprint density at radius 2 is 1.87 bits per heavy atom. The third-order valence-corrected chi connectivity index (χ3v) is 3.62. The molecular weight excluding hydrogens is 323 g/mol. The Kier molecular flexibility index (Phi) is 5.60. The number of hydrogen-bond donors (Lipinski definition) is 2. The third-order valence-electron chi connectivity index (χ3n) is 2.93. The molecule has 3 atom stereocenters. The van der Waals surface area contributed by atoms with Crippen LogP contribution >= 0.6 is 9.24 Å². The molecule has 2 rings (SSSR count). The fraction of sp³-hybridized carbons (Fsp3) is 0.357. The van der Waals surface area contributed by atoms with E-state index < -0.39 is 18.2 Å². The number of nitrogens with zero attached hydrogens (tertiary/aromatic N) is 3. The number of rotatable bonds is 7. The average Bonchev–Trinajstić information content (AvgIpc) is 2.53. The molecule has 9 heteroatoms. The molecule has 0 bridgehead atoms. The summed E-state index contributed by atoms with van der Waals surface area (Å²) in [6, 6.07) is 9.17. The summed E-state index contributed by atoms with van der Waals surface area (Å²) in [6.07, 6.45) is 0. The fourth-order valence-electron chi connectivity index (χ4n) is 1.52. The minimum Gasteiger partial charge on any atom is -0.460 e. The maximum Gasteiger partial charge on any atom is 0.323 e. The van der Waals surface area contributed by atoms with E-state index >= 15 is 0 Å². The first-order chi connectivity index (χ1) is 10.9. The van der Waals surface area contributed by atoms with Crippen LogP contribution in [0.3, 0.4) is 0 Å². The van der Waals surface area contributed by atoms with Crippen molar-refractivity contribution in [2.24, 2.45) is 0 Å². The number of alkyl halides is 2. The Morgan fingerprint density at radius 3 is 2.48 bits per heavy atom. The highest BCUT2D eigenvalue weighted by Crippen LogP contribution is 2.25. The smallest absolute Gasteiger partial charge is 0.323 e. The summed E-state index contributed by atoms with van der Waals surface area (Å²) in [5, 5.41) is 5.74. The van der Waals surface area contributed by atoms with Gasteiger partial charge in [0.05, 0.1) is 0 Å². The molecule has 0 amide bonds. The number of para-hydroxylation sites is 1. The van der Waals surface area contributed by atoms with Gasteiger partial charge in [-0.3, -0.25) is 0 Å². The lowest BCUT2D eigenvalue weighted by Gasteiger charge is -2.21. The lowest BCUT2D eigenvalue weighted by atomic mass is 10.2. The van der Waals surface area contributed by atoms with Gasteiger partial charge in [-0.15, -0.1) is 0 Å². The lowest BCUT2D eigenvalue weighted by Crippen LogP contribution is -2.34. The summed E-state index contributed by atoms with van der Waals surface area (Å²) < 4.78 is 32.2. The zero-order chi connectivity index (χ0) is 16.9. The first kappa shape index (κ1) is 17.3. The van der Waals surface area contributed by atoms with Crippen LogP contribution < -0.4 is 15.4 Å². The molecule has 6 nitrogen and oxygen atoms in total. The Balaban J connectivity index is 2.15. The molecule has 0 saturated heterocycles. The van der Waals surface area contributed by atoms with Gasteiger partial charge in [0.15, 0.2) is 5.67 Å². The Morgan fingerprint density at radius 1 is 1.22 bits per heavy atom. The van der Waals surface area contributed by atoms with Crippen LogP contribution in [0.25, 0.3) is 0 Å². The standard InChI is InChI=1S/C14H18F2N5OP/c1-14(16,10(15)23)8-22-13-20-11(17-2)19-12(21-13)18-9-6-4-3-5-7-9/h3-7,10H,8,23H2,1-2H3,(H2,17,18,19,20,21). The molecule has 2 aromatic rings. The second kappa shape index (κ2) is 7.46. The van der Waals surface area contributed by atoms with Gasteiger partial charge in [0, 0.05) is 12.7 Å². The van der Waals surface area contributed by atoms with Gasteiger partial charge in [-0.1, -0.05) is 27.4 Å². The zero-order valence-corrected chi connectivity index (χ0v) is 13.9. The zero-order valence-electron chi connectivity index (χ0n) is 12.8. The van der Waals surface area contributed by atoms with Crippen molar-refractivity contribution in [3.63, 3.8) is 0 Å². The summed E-state index contributed by atoms with van der Waals surface area (Å²) in [6.45, 7) is 0.587. The van der Waals surface area contributed by atoms with E-state index in [9.17, 15) is 8.78 Å². The van der Waals surface area contributed by atoms with Crippen LogP contribution in [0.4, 0.5) is 26.4 Å². The molecule has 0 saturated carbocycles. The van der Waals surface area contributed by atoms with Crippen LogP contribution in [0.1, 0.15) is 6.92 Å². The summed E-state index contributed by atoms with van der Waals surface area (Å²) in [4.78, 5) is 12.1. The number of benzene rings is 1.